The van der Waals surface area contributed by atoms with Gasteiger partial charge in [-0.25, -0.2) is 13.1 Å². The van der Waals surface area contributed by atoms with Crippen molar-refractivity contribution in [3.63, 3.8) is 0 Å². The largest absolute Gasteiger partial charge is 0.494 e. The quantitative estimate of drug-likeness (QED) is 0.0851. The van der Waals surface area contributed by atoms with Crippen LogP contribution in [0.2, 0.25) is 10.0 Å². The zero-order valence-electron chi connectivity index (χ0n) is 26.3. The number of aromatic nitrogens is 2. The molecule has 2 heterocycles. The fourth-order valence-electron chi connectivity index (χ4n) is 5.64. The topological polar surface area (TPSA) is 110 Å². The first-order chi connectivity index (χ1) is 22.5. The van der Waals surface area contributed by atoms with Gasteiger partial charge in [-0.15, -0.1) is 0 Å². The lowest BCUT2D eigenvalue weighted by molar-refractivity contribution is 0.0963. The van der Waals surface area contributed by atoms with E-state index in [9.17, 15) is 18.0 Å². The maximum absolute atomic E-state index is 13.3. The third kappa shape index (κ3) is 8.86. The molecule has 11 heteroatoms. The lowest BCUT2D eigenvalue weighted by atomic mass is 10.1. The Hall–Kier alpha value is -4.05. The number of benzene rings is 3. The van der Waals surface area contributed by atoms with Crippen molar-refractivity contribution in [2.45, 2.75) is 52.5 Å². The predicted molar refractivity (Wildman–Crippen MR) is 187 cm³/mol. The summed E-state index contributed by atoms with van der Waals surface area (Å²) in [6.07, 6.45) is 3.70. The highest BCUT2D eigenvalue weighted by atomic mass is 35.5. The number of halogens is 2. The fourth-order valence-corrected chi connectivity index (χ4v) is 7.00. The number of carbonyl (C=O) groups excluding carboxylic acids is 2. The number of carbonyl (C=O) groups is 2. The number of ether oxygens (including phenoxy) is 1. The summed E-state index contributed by atoms with van der Waals surface area (Å²) in [6, 6.07) is 22.5. The molecule has 0 aliphatic heterocycles. The molecule has 0 radical (unpaired) electrons. The Kier molecular flexibility index (Phi) is 11.1. The van der Waals surface area contributed by atoms with E-state index in [0.29, 0.717) is 65.0 Å². The van der Waals surface area contributed by atoms with Crippen molar-refractivity contribution in [3.05, 3.63) is 123 Å². The van der Waals surface area contributed by atoms with Crippen LogP contribution >= 0.6 is 23.2 Å². The van der Waals surface area contributed by atoms with Crippen LogP contribution in [0.25, 0.3) is 10.9 Å². The fraction of sp³-hybridized carbons (Fsp3) is 0.278. The van der Waals surface area contributed by atoms with Crippen LogP contribution in [0, 0.1) is 13.8 Å². The number of nitrogens with one attached hydrogen (secondary N) is 2. The standard InChI is InChI=1S/C36H37Cl2N3O5S/c1-24-20-28(21-25(2)34(24)38)46-18-9-12-30-29-16-15-27(37)22-31(29)39-35(30)36(43)40-47(44,45)19-7-6-14-33(42)32-13-8-17-41(32)23-26-10-4-3-5-11-26/h3-5,8,10-11,13,15-17,20-22,39H,6-7,9,12,14,18-19,23H2,1-2H3,(H,40,43). The number of hydrogen-bond acceptors (Lipinski definition) is 5. The number of sulfonamides is 1. The van der Waals surface area contributed by atoms with Gasteiger partial charge in [0.2, 0.25) is 10.0 Å². The van der Waals surface area contributed by atoms with Gasteiger partial charge in [0.25, 0.3) is 5.91 Å². The number of H-pyrrole nitrogens is 1. The summed E-state index contributed by atoms with van der Waals surface area (Å²) >= 11 is 12.5. The Bertz CT molecular complexity index is 1980. The minimum Gasteiger partial charge on any atom is -0.494 e. The summed E-state index contributed by atoms with van der Waals surface area (Å²) in [5.41, 5.74) is 5.00. The lowest BCUT2D eigenvalue weighted by Gasteiger charge is -2.11. The van der Waals surface area contributed by atoms with E-state index in [1.54, 1.807) is 18.2 Å². The second kappa shape index (κ2) is 15.2. The van der Waals surface area contributed by atoms with E-state index in [1.807, 2.05) is 79.2 Å². The molecule has 0 aliphatic rings. The van der Waals surface area contributed by atoms with Gasteiger partial charge in [0, 0.05) is 40.1 Å². The molecule has 3 aromatic carbocycles. The van der Waals surface area contributed by atoms with Gasteiger partial charge in [-0.1, -0.05) is 59.6 Å². The molecular formula is C36H37Cl2N3O5S. The summed E-state index contributed by atoms with van der Waals surface area (Å²) in [6.45, 7) is 4.80. The highest BCUT2D eigenvalue weighted by Crippen LogP contribution is 2.28. The van der Waals surface area contributed by atoms with E-state index >= 15 is 0 Å². The summed E-state index contributed by atoms with van der Waals surface area (Å²) in [5.74, 6) is -0.375. The summed E-state index contributed by atoms with van der Waals surface area (Å²) in [7, 11) is -3.96. The SMILES string of the molecule is Cc1cc(OCCCc2c(C(=O)NS(=O)(=O)CCCCC(=O)c3cccn3Cc3ccccc3)[nH]c3cc(Cl)ccc23)cc(C)c1Cl. The van der Waals surface area contributed by atoms with Crippen molar-refractivity contribution in [3.8, 4) is 5.75 Å². The Morgan fingerprint density at radius 3 is 2.40 bits per heavy atom. The second-order valence-corrected chi connectivity index (χ2v) is 14.3. The third-order valence-corrected chi connectivity index (χ3v) is 10.1. The second-order valence-electron chi connectivity index (χ2n) is 11.6. The number of fused-ring (bicyclic) bond motifs is 1. The molecule has 1 amide bonds. The number of amides is 1. The van der Waals surface area contributed by atoms with E-state index in [0.717, 1.165) is 22.1 Å². The van der Waals surface area contributed by atoms with Gasteiger partial charge < -0.3 is 14.3 Å². The van der Waals surface area contributed by atoms with E-state index in [2.05, 4.69) is 9.71 Å². The van der Waals surface area contributed by atoms with Gasteiger partial charge in [-0.3, -0.25) is 9.59 Å². The van der Waals surface area contributed by atoms with Gasteiger partial charge >= 0.3 is 0 Å². The van der Waals surface area contributed by atoms with Crippen LogP contribution in [0.5, 0.6) is 5.75 Å². The van der Waals surface area contributed by atoms with Crippen molar-refractivity contribution in [1.82, 2.24) is 14.3 Å². The highest BCUT2D eigenvalue weighted by molar-refractivity contribution is 7.90. The van der Waals surface area contributed by atoms with E-state index in [1.165, 1.54) is 0 Å². The van der Waals surface area contributed by atoms with Crippen LogP contribution < -0.4 is 9.46 Å². The van der Waals surface area contributed by atoms with Crippen LogP contribution in [0.1, 0.15) is 68.9 Å². The minimum absolute atomic E-state index is 0.0564. The van der Waals surface area contributed by atoms with Gasteiger partial charge in [-0.05, 0) is 98.2 Å². The molecule has 5 aromatic rings. The molecule has 0 aliphatic carbocycles. The number of ketones is 1. The molecule has 8 nitrogen and oxygen atoms in total. The summed E-state index contributed by atoms with van der Waals surface area (Å²) in [5, 5.41) is 1.98. The van der Waals surface area contributed by atoms with Crippen LogP contribution in [0.4, 0.5) is 0 Å². The molecule has 0 spiro atoms. The first-order valence-electron chi connectivity index (χ1n) is 15.5. The molecule has 5 rings (SSSR count). The molecule has 246 valence electrons. The normalized spacial score (nSPS) is 11.6. The number of rotatable bonds is 15. The van der Waals surface area contributed by atoms with Gasteiger partial charge in [0.15, 0.2) is 5.78 Å². The Morgan fingerprint density at radius 1 is 0.915 bits per heavy atom. The third-order valence-electron chi connectivity index (χ3n) is 7.97. The number of aromatic amines is 1. The molecule has 0 fully saturated rings. The molecular weight excluding hydrogens is 657 g/mol. The predicted octanol–water partition coefficient (Wildman–Crippen LogP) is 8.07. The Morgan fingerprint density at radius 2 is 1.66 bits per heavy atom. The first-order valence-corrected chi connectivity index (χ1v) is 17.9. The first kappa shape index (κ1) is 34.3. The summed E-state index contributed by atoms with van der Waals surface area (Å²) in [4.78, 5) is 29.3. The van der Waals surface area contributed by atoms with Crippen LogP contribution in [-0.4, -0.2) is 42.0 Å². The number of unbranched alkanes of at least 4 members (excludes halogenated alkanes) is 1. The van der Waals surface area contributed by atoms with Crippen molar-refractivity contribution in [2.75, 3.05) is 12.4 Å². The zero-order chi connectivity index (χ0) is 33.6. The van der Waals surface area contributed by atoms with Crippen LogP contribution in [0.15, 0.2) is 79.0 Å². The lowest BCUT2D eigenvalue weighted by Crippen LogP contribution is -2.33. The average Bonchev–Trinajstić information content (AvgIpc) is 3.64. The zero-order valence-corrected chi connectivity index (χ0v) is 28.6. The van der Waals surface area contributed by atoms with Gasteiger partial charge in [0.05, 0.1) is 18.1 Å². The Labute approximate surface area is 285 Å². The maximum atomic E-state index is 13.3. The van der Waals surface area contributed by atoms with E-state index in [-0.39, 0.29) is 30.1 Å². The Balaban J connectivity index is 1.17. The van der Waals surface area contributed by atoms with E-state index in [4.69, 9.17) is 27.9 Å². The minimum atomic E-state index is -3.96. The summed E-state index contributed by atoms with van der Waals surface area (Å²) < 4.78 is 35.9. The molecule has 2 N–H and O–H groups in total. The highest BCUT2D eigenvalue weighted by Gasteiger charge is 2.23. The van der Waals surface area contributed by atoms with Crippen LogP contribution in [0.3, 0.4) is 0 Å². The molecule has 2 aromatic heterocycles. The molecule has 0 saturated carbocycles. The molecule has 47 heavy (non-hydrogen) atoms. The van der Waals surface area contributed by atoms with E-state index < -0.39 is 15.9 Å². The molecule has 0 unspecified atom stereocenters. The van der Waals surface area contributed by atoms with Gasteiger partial charge in [-0.2, -0.15) is 0 Å². The molecule has 0 atom stereocenters. The number of nitrogens with zero attached hydrogens (tertiary/aromatic N) is 1. The van der Waals surface area contributed by atoms with Gasteiger partial charge in [0.1, 0.15) is 11.4 Å². The maximum Gasteiger partial charge on any atom is 0.281 e. The average molecular weight is 695 g/mol. The van der Waals surface area contributed by atoms with Crippen molar-refractivity contribution in [2.24, 2.45) is 0 Å². The monoisotopic (exact) mass is 693 g/mol. The molecule has 0 bridgehead atoms. The number of hydrogen-bond donors (Lipinski definition) is 2. The molecule has 0 saturated heterocycles. The van der Waals surface area contributed by atoms with Crippen molar-refractivity contribution in [1.29, 1.82) is 0 Å². The number of aryl methyl sites for hydroxylation is 3. The van der Waals surface area contributed by atoms with Crippen LogP contribution in [-0.2, 0) is 23.0 Å². The van der Waals surface area contributed by atoms with Crippen molar-refractivity contribution >= 4 is 55.8 Å². The van der Waals surface area contributed by atoms with Crippen molar-refractivity contribution < 1.29 is 22.7 Å². The smallest absolute Gasteiger partial charge is 0.281 e. The number of Topliss-reactive ketones (excluding diaryl/α,β-unsaturated/α-hetero) is 1.